The molecule has 0 aliphatic heterocycles. The van der Waals surface area contributed by atoms with Crippen LogP contribution in [0.3, 0.4) is 0 Å². The molecule has 1 aromatic heterocycles. The lowest BCUT2D eigenvalue weighted by Gasteiger charge is -2.28. The molecular formula is C40H25NO. The van der Waals surface area contributed by atoms with Gasteiger partial charge in [0.05, 0.1) is 5.69 Å². The summed E-state index contributed by atoms with van der Waals surface area (Å²) in [7, 11) is 0. The van der Waals surface area contributed by atoms with Gasteiger partial charge in [-0.15, -0.1) is 0 Å². The van der Waals surface area contributed by atoms with Crippen LogP contribution in [0.5, 0.6) is 0 Å². The molecular weight excluding hydrogens is 510 g/mol. The van der Waals surface area contributed by atoms with E-state index in [9.17, 15) is 0 Å². The molecule has 2 heteroatoms. The molecule has 9 rings (SSSR count). The quantitative estimate of drug-likeness (QED) is 0.209. The van der Waals surface area contributed by atoms with Gasteiger partial charge in [0, 0.05) is 27.5 Å². The SMILES string of the molecule is c1ccc(N(c2ccc3c(ccc4oc5ccccc5c43)c2)c2cc3ccccc3c3ccc4ccccc4c23)cc1. The molecule has 0 atom stereocenters. The van der Waals surface area contributed by atoms with Gasteiger partial charge in [0.15, 0.2) is 0 Å². The molecule has 2 nitrogen and oxygen atoms in total. The van der Waals surface area contributed by atoms with Gasteiger partial charge in [-0.1, -0.05) is 109 Å². The van der Waals surface area contributed by atoms with Crippen molar-refractivity contribution in [3.05, 3.63) is 152 Å². The Labute approximate surface area is 242 Å². The Bertz CT molecular complexity index is 2470. The topological polar surface area (TPSA) is 16.4 Å². The number of benzene rings is 8. The molecule has 1 heterocycles. The van der Waals surface area contributed by atoms with Crippen molar-refractivity contribution in [3.8, 4) is 0 Å². The Morgan fingerprint density at radius 3 is 1.88 bits per heavy atom. The van der Waals surface area contributed by atoms with E-state index in [2.05, 4.69) is 144 Å². The van der Waals surface area contributed by atoms with Crippen molar-refractivity contribution in [2.75, 3.05) is 4.90 Å². The third kappa shape index (κ3) is 3.39. The highest BCUT2D eigenvalue weighted by molar-refractivity contribution is 6.24. The molecule has 0 aliphatic carbocycles. The average molecular weight is 536 g/mol. The number of hydrogen-bond donors (Lipinski definition) is 0. The maximum absolute atomic E-state index is 6.20. The first kappa shape index (κ1) is 23.1. The van der Waals surface area contributed by atoms with E-state index in [-0.39, 0.29) is 0 Å². The highest BCUT2D eigenvalue weighted by Crippen LogP contribution is 2.45. The molecule has 0 bridgehead atoms. The second-order valence-corrected chi connectivity index (χ2v) is 10.9. The highest BCUT2D eigenvalue weighted by atomic mass is 16.3. The summed E-state index contributed by atoms with van der Waals surface area (Å²) in [6.07, 6.45) is 0. The number of fused-ring (bicyclic) bond motifs is 10. The molecule has 0 unspecified atom stereocenters. The zero-order valence-electron chi connectivity index (χ0n) is 22.8. The van der Waals surface area contributed by atoms with Crippen LogP contribution in [0.4, 0.5) is 17.1 Å². The van der Waals surface area contributed by atoms with E-state index in [1.165, 1.54) is 54.2 Å². The number of hydrogen-bond acceptors (Lipinski definition) is 2. The van der Waals surface area contributed by atoms with Crippen LogP contribution in [0.25, 0.3) is 65.0 Å². The Kier molecular flexibility index (Phi) is 4.93. The summed E-state index contributed by atoms with van der Waals surface area (Å²) in [5.74, 6) is 0. The summed E-state index contributed by atoms with van der Waals surface area (Å²) in [4.78, 5) is 2.42. The fourth-order valence-corrected chi connectivity index (χ4v) is 6.72. The Morgan fingerprint density at radius 2 is 1.00 bits per heavy atom. The van der Waals surface area contributed by atoms with Crippen LogP contribution in [0, 0.1) is 0 Å². The third-order valence-electron chi connectivity index (χ3n) is 8.58. The maximum Gasteiger partial charge on any atom is 0.136 e. The van der Waals surface area contributed by atoms with Gasteiger partial charge in [-0.2, -0.15) is 0 Å². The molecule has 0 saturated carbocycles. The average Bonchev–Trinajstić information content (AvgIpc) is 3.44. The zero-order valence-corrected chi connectivity index (χ0v) is 22.8. The lowest BCUT2D eigenvalue weighted by Crippen LogP contribution is -2.10. The lowest BCUT2D eigenvalue weighted by atomic mass is 9.94. The van der Waals surface area contributed by atoms with Gasteiger partial charge in [-0.25, -0.2) is 0 Å². The first-order valence-corrected chi connectivity index (χ1v) is 14.4. The van der Waals surface area contributed by atoms with Crippen molar-refractivity contribution in [1.82, 2.24) is 0 Å². The minimum Gasteiger partial charge on any atom is -0.456 e. The molecule has 0 aliphatic rings. The first-order valence-electron chi connectivity index (χ1n) is 14.4. The van der Waals surface area contributed by atoms with Gasteiger partial charge in [0.1, 0.15) is 11.2 Å². The zero-order chi connectivity index (χ0) is 27.6. The van der Waals surface area contributed by atoms with Crippen molar-refractivity contribution in [1.29, 1.82) is 0 Å². The van der Waals surface area contributed by atoms with E-state index in [1.807, 2.05) is 12.1 Å². The molecule has 42 heavy (non-hydrogen) atoms. The normalized spacial score (nSPS) is 11.8. The smallest absolute Gasteiger partial charge is 0.136 e. The Morgan fingerprint density at radius 1 is 0.357 bits per heavy atom. The fourth-order valence-electron chi connectivity index (χ4n) is 6.72. The van der Waals surface area contributed by atoms with Crippen molar-refractivity contribution in [3.63, 3.8) is 0 Å². The van der Waals surface area contributed by atoms with E-state index >= 15 is 0 Å². The van der Waals surface area contributed by atoms with Gasteiger partial charge in [-0.3, -0.25) is 0 Å². The molecule has 196 valence electrons. The van der Waals surface area contributed by atoms with Crippen LogP contribution in [-0.4, -0.2) is 0 Å². The van der Waals surface area contributed by atoms with Gasteiger partial charge >= 0.3 is 0 Å². The van der Waals surface area contributed by atoms with Crippen LogP contribution in [0.1, 0.15) is 0 Å². The van der Waals surface area contributed by atoms with Gasteiger partial charge in [0.2, 0.25) is 0 Å². The van der Waals surface area contributed by atoms with Crippen molar-refractivity contribution < 1.29 is 4.42 Å². The van der Waals surface area contributed by atoms with Gasteiger partial charge in [-0.05, 0) is 80.2 Å². The van der Waals surface area contributed by atoms with E-state index in [0.717, 1.165) is 27.9 Å². The van der Waals surface area contributed by atoms with E-state index in [0.29, 0.717) is 0 Å². The van der Waals surface area contributed by atoms with E-state index < -0.39 is 0 Å². The van der Waals surface area contributed by atoms with Crippen LogP contribution in [0.2, 0.25) is 0 Å². The number of para-hydroxylation sites is 2. The van der Waals surface area contributed by atoms with Crippen molar-refractivity contribution in [2.45, 2.75) is 0 Å². The Hall–Kier alpha value is -5.60. The minimum absolute atomic E-state index is 0.920. The van der Waals surface area contributed by atoms with Gasteiger partial charge in [0.25, 0.3) is 0 Å². The predicted octanol–water partition coefficient (Wildman–Crippen LogP) is 11.7. The fraction of sp³-hybridized carbons (Fsp3) is 0. The standard InChI is InChI=1S/C40H25NO/c1-2-12-29(13-3-1)41(30-20-22-33-28(24-30)19-23-38-40(33)35-16-8-9-17-37(35)42-38)36-25-27-11-5-6-14-31(27)34-21-18-26-10-4-7-15-32(26)39(34)36/h1-25H. The highest BCUT2D eigenvalue weighted by Gasteiger charge is 2.20. The van der Waals surface area contributed by atoms with Gasteiger partial charge < -0.3 is 9.32 Å². The molecule has 0 saturated heterocycles. The van der Waals surface area contributed by atoms with Crippen LogP contribution >= 0.6 is 0 Å². The first-order chi connectivity index (χ1) is 20.8. The predicted molar refractivity (Wildman–Crippen MR) is 178 cm³/mol. The molecule has 0 N–H and O–H groups in total. The number of rotatable bonds is 3. The number of nitrogens with zero attached hydrogens (tertiary/aromatic N) is 1. The maximum atomic E-state index is 6.20. The summed E-state index contributed by atoms with van der Waals surface area (Å²) >= 11 is 0. The lowest BCUT2D eigenvalue weighted by molar-refractivity contribution is 0.669. The van der Waals surface area contributed by atoms with E-state index in [4.69, 9.17) is 4.42 Å². The summed E-state index contributed by atoms with van der Waals surface area (Å²) in [6, 6.07) is 54.4. The van der Waals surface area contributed by atoms with Crippen LogP contribution < -0.4 is 4.90 Å². The largest absolute Gasteiger partial charge is 0.456 e. The van der Waals surface area contributed by atoms with Crippen molar-refractivity contribution in [2.24, 2.45) is 0 Å². The van der Waals surface area contributed by atoms with E-state index in [1.54, 1.807) is 0 Å². The second kappa shape index (κ2) is 8.95. The second-order valence-electron chi connectivity index (χ2n) is 10.9. The molecule has 9 aromatic rings. The minimum atomic E-state index is 0.920. The number of anilines is 3. The molecule has 0 amide bonds. The molecule has 0 fully saturated rings. The Balaban J connectivity index is 1.38. The summed E-state index contributed by atoms with van der Waals surface area (Å²) in [5, 5.41) is 12.2. The van der Waals surface area contributed by atoms with Crippen LogP contribution in [0.15, 0.2) is 156 Å². The number of furan rings is 1. The molecule has 0 radical (unpaired) electrons. The summed E-state index contributed by atoms with van der Waals surface area (Å²) < 4.78 is 6.20. The van der Waals surface area contributed by atoms with Crippen molar-refractivity contribution >= 4 is 82.1 Å². The summed E-state index contributed by atoms with van der Waals surface area (Å²) in [6.45, 7) is 0. The third-order valence-corrected chi connectivity index (χ3v) is 8.58. The summed E-state index contributed by atoms with van der Waals surface area (Å²) in [5.41, 5.74) is 5.25. The van der Waals surface area contributed by atoms with Crippen LogP contribution in [-0.2, 0) is 0 Å². The molecule has 0 spiro atoms. The monoisotopic (exact) mass is 535 g/mol. The molecule has 8 aromatic carbocycles.